The fourth-order valence-corrected chi connectivity index (χ4v) is 1.29. The van der Waals surface area contributed by atoms with Crippen molar-refractivity contribution in [2.75, 3.05) is 0 Å². The largest absolute Gasteiger partial charge is 0.334 e. The van der Waals surface area contributed by atoms with E-state index in [-0.39, 0.29) is 12.0 Å². The van der Waals surface area contributed by atoms with Crippen molar-refractivity contribution in [1.29, 1.82) is 0 Å². The molecule has 1 aromatic rings. The third kappa shape index (κ3) is 1.28. The Morgan fingerprint density at radius 3 is 2.73 bits per heavy atom. The van der Waals surface area contributed by atoms with Crippen molar-refractivity contribution < 1.29 is 4.39 Å². The normalized spacial score (nSPS) is 20.2. The van der Waals surface area contributed by atoms with Gasteiger partial charge in [-0.2, -0.15) is 4.39 Å². The number of aromatic nitrogens is 1. The molecular weight excluding hydrogens is 143 g/mol. The summed E-state index contributed by atoms with van der Waals surface area (Å²) < 4.78 is 12.5. The van der Waals surface area contributed by atoms with Crippen molar-refractivity contribution in [3.63, 3.8) is 0 Å². The molecule has 0 aliphatic heterocycles. The van der Waals surface area contributed by atoms with Crippen LogP contribution in [0.4, 0.5) is 4.39 Å². The maximum Gasteiger partial charge on any atom is 0.191 e. The third-order valence-electron chi connectivity index (χ3n) is 2.16. The van der Waals surface area contributed by atoms with Crippen LogP contribution in [0.15, 0.2) is 12.1 Å². The molecule has 0 radical (unpaired) electrons. The SMILES string of the molecule is N[C@@H](c1ccc(F)[nH]1)C1CC1. The van der Waals surface area contributed by atoms with Crippen LogP contribution in [0.1, 0.15) is 24.6 Å². The zero-order valence-corrected chi connectivity index (χ0v) is 6.18. The van der Waals surface area contributed by atoms with Crippen LogP contribution in [0, 0.1) is 11.9 Å². The van der Waals surface area contributed by atoms with Crippen LogP contribution < -0.4 is 5.73 Å². The van der Waals surface area contributed by atoms with E-state index < -0.39 is 0 Å². The molecule has 1 atom stereocenters. The number of nitrogens with one attached hydrogen (secondary N) is 1. The van der Waals surface area contributed by atoms with Gasteiger partial charge >= 0.3 is 0 Å². The molecule has 1 saturated carbocycles. The van der Waals surface area contributed by atoms with E-state index in [0.717, 1.165) is 5.69 Å². The van der Waals surface area contributed by atoms with Crippen LogP contribution in [0.2, 0.25) is 0 Å². The molecular formula is C8H11FN2. The van der Waals surface area contributed by atoms with Crippen molar-refractivity contribution >= 4 is 0 Å². The van der Waals surface area contributed by atoms with Crippen LogP contribution in [0.5, 0.6) is 0 Å². The van der Waals surface area contributed by atoms with Crippen LogP contribution in [0.3, 0.4) is 0 Å². The van der Waals surface area contributed by atoms with Crippen molar-refractivity contribution in [3.05, 3.63) is 23.8 Å². The number of hydrogen-bond donors (Lipinski definition) is 2. The van der Waals surface area contributed by atoms with Gasteiger partial charge in [-0.15, -0.1) is 0 Å². The lowest BCUT2D eigenvalue weighted by molar-refractivity contribution is 0.564. The number of rotatable bonds is 2. The molecule has 11 heavy (non-hydrogen) atoms. The summed E-state index contributed by atoms with van der Waals surface area (Å²) in [6.45, 7) is 0. The molecule has 0 saturated heterocycles. The highest BCUT2D eigenvalue weighted by atomic mass is 19.1. The van der Waals surface area contributed by atoms with Crippen molar-refractivity contribution in [2.45, 2.75) is 18.9 Å². The Hall–Kier alpha value is -0.830. The fraction of sp³-hybridized carbons (Fsp3) is 0.500. The fourth-order valence-electron chi connectivity index (χ4n) is 1.29. The Bertz CT molecular complexity index is 252. The first-order chi connectivity index (χ1) is 5.27. The predicted molar refractivity (Wildman–Crippen MR) is 40.4 cm³/mol. The summed E-state index contributed by atoms with van der Waals surface area (Å²) >= 11 is 0. The molecule has 1 aliphatic rings. The molecule has 3 N–H and O–H groups in total. The van der Waals surface area contributed by atoms with E-state index in [4.69, 9.17) is 5.73 Å². The van der Waals surface area contributed by atoms with Crippen molar-refractivity contribution in [3.8, 4) is 0 Å². The molecule has 1 aliphatic carbocycles. The molecule has 1 heterocycles. The molecule has 60 valence electrons. The number of hydrogen-bond acceptors (Lipinski definition) is 1. The first kappa shape index (κ1) is 6.85. The number of aromatic amines is 1. The number of nitrogens with two attached hydrogens (primary N) is 1. The van der Waals surface area contributed by atoms with Gasteiger partial charge in [0.15, 0.2) is 5.95 Å². The monoisotopic (exact) mass is 154 g/mol. The highest BCUT2D eigenvalue weighted by Crippen LogP contribution is 2.38. The van der Waals surface area contributed by atoms with E-state index in [1.54, 1.807) is 6.07 Å². The Labute approximate surface area is 64.6 Å². The minimum absolute atomic E-state index is 0.0134. The highest BCUT2D eigenvalue weighted by molar-refractivity contribution is 5.12. The van der Waals surface area contributed by atoms with E-state index in [9.17, 15) is 4.39 Å². The molecule has 1 aromatic heterocycles. The van der Waals surface area contributed by atoms with Gasteiger partial charge in [-0.3, -0.25) is 0 Å². The van der Waals surface area contributed by atoms with Gasteiger partial charge in [-0.1, -0.05) is 0 Å². The highest BCUT2D eigenvalue weighted by Gasteiger charge is 2.30. The predicted octanol–water partition coefficient (Wildman–Crippen LogP) is 1.56. The average Bonchev–Trinajstić information content (AvgIpc) is 2.74. The van der Waals surface area contributed by atoms with E-state index in [0.29, 0.717) is 5.92 Å². The average molecular weight is 154 g/mol. The molecule has 0 amide bonds. The van der Waals surface area contributed by atoms with E-state index in [2.05, 4.69) is 4.98 Å². The lowest BCUT2D eigenvalue weighted by Crippen LogP contribution is -2.12. The van der Waals surface area contributed by atoms with Gasteiger partial charge < -0.3 is 10.7 Å². The molecule has 0 bridgehead atoms. The lowest BCUT2D eigenvalue weighted by Gasteiger charge is -2.06. The summed E-state index contributed by atoms with van der Waals surface area (Å²) in [4.78, 5) is 2.61. The van der Waals surface area contributed by atoms with Gasteiger partial charge in [0.25, 0.3) is 0 Å². The zero-order valence-electron chi connectivity index (χ0n) is 6.18. The smallest absolute Gasteiger partial charge is 0.191 e. The molecule has 2 nitrogen and oxygen atoms in total. The quantitative estimate of drug-likeness (QED) is 0.667. The molecule has 3 heteroatoms. The van der Waals surface area contributed by atoms with Crippen LogP contribution in [-0.2, 0) is 0 Å². The van der Waals surface area contributed by atoms with Crippen molar-refractivity contribution in [1.82, 2.24) is 4.98 Å². The summed E-state index contributed by atoms with van der Waals surface area (Å²) in [5, 5.41) is 0. The van der Waals surface area contributed by atoms with E-state index in [1.807, 2.05) is 0 Å². The summed E-state index contributed by atoms with van der Waals surface area (Å²) in [5.41, 5.74) is 6.64. The second-order valence-electron chi connectivity index (χ2n) is 3.12. The number of halogens is 1. The molecule has 0 spiro atoms. The van der Waals surface area contributed by atoms with Gasteiger partial charge in [0.05, 0.1) is 0 Å². The maximum atomic E-state index is 12.5. The summed E-state index contributed by atoms with van der Waals surface area (Å²) in [6, 6.07) is 3.15. The van der Waals surface area contributed by atoms with Crippen molar-refractivity contribution in [2.24, 2.45) is 11.7 Å². The van der Waals surface area contributed by atoms with Crippen LogP contribution in [-0.4, -0.2) is 4.98 Å². The van der Waals surface area contributed by atoms with Crippen LogP contribution in [0.25, 0.3) is 0 Å². The topological polar surface area (TPSA) is 41.8 Å². The molecule has 0 unspecified atom stereocenters. The van der Waals surface area contributed by atoms with Gasteiger partial charge in [-0.25, -0.2) is 0 Å². The maximum absolute atomic E-state index is 12.5. The van der Waals surface area contributed by atoms with Gasteiger partial charge in [-0.05, 0) is 30.9 Å². The minimum Gasteiger partial charge on any atom is -0.334 e. The van der Waals surface area contributed by atoms with Crippen LogP contribution >= 0.6 is 0 Å². The Balaban J connectivity index is 2.14. The van der Waals surface area contributed by atoms with Gasteiger partial charge in [0, 0.05) is 11.7 Å². The van der Waals surface area contributed by atoms with Gasteiger partial charge in [0.1, 0.15) is 0 Å². The van der Waals surface area contributed by atoms with E-state index >= 15 is 0 Å². The first-order valence-corrected chi connectivity index (χ1v) is 3.87. The Morgan fingerprint density at radius 2 is 2.27 bits per heavy atom. The zero-order chi connectivity index (χ0) is 7.84. The first-order valence-electron chi connectivity index (χ1n) is 3.87. The van der Waals surface area contributed by atoms with E-state index in [1.165, 1.54) is 18.9 Å². The number of H-pyrrole nitrogens is 1. The Morgan fingerprint density at radius 1 is 1.55 bits per heavy atom. The summed E-state index contributed by atoms with van der Waals surface area (Å²) in [7, 11) is 0. The molecule has 1 fully saturated rings. The summed E-state index contributed by atoms with van der Waals surface area (Å²) in [6.07, 6.45) is 2.36. The second-order valence-corrected chi connectivity index (χ2v) is 3.12. The Kier molecular flexibility index (Phi) is 1.46. The summed E-state index contributed by atoms with van der Waals surface area (Å²) in [5.74, 6) is 0.282. The minimum atomic E-state index is -0.295. The molecule has 2 rings (SSSR count). The van der Waals surface area contributed by atoms with Gasteiger partial charge in [0.2, 0.25) is 0 Å². The molecule has 0 aromatic carbocycles. The second kappa shape index (κ2) is 2.34. The standard InChI is InChI=1S/C8H11FN2/c9-7-4-3-6(11-7)8(10)5-1-2-5/h3-5,8,11H,1-2,10H2/t8-/m1/s1. The third-order valence-corrected chi connectivity index (χ3v) is 2.16. The lowest BCUT2D eigenvalue weighted by atomic mass is 10.1.